The molecule has 1 saturated heterocycles. The number of aryl methyl sites for hydroxylation is 1. The van der Waals surface area contributed by atoms with Crippen LogP contribution in [0.5, 0.6) is 0 Å². The zero-order chi connectivity index (χ0) is 22.5. The van der Waals surface area contributed by atoms with Crippen LogP contribution in [-0.4, -0.2) is 59.0 Å². The minimum Gasteiger partial charge on any atom is -0.464 e. The number of rotatable bonds is 8. The van der Waals surface area contributed by atoms with Crippen molar-refractivity contribution in [3.05, 3.63) is 84.6 Å². The van der Waals surface area contributed by atoms with Gasteiger partial charge in [0.15, 0.2) is 0 Å². The quantitative estimate of drug-likeness (QED) is 0.375. The van der Waals surface area contributed by atoms with Crippen LogP contribution < -0.4 is 0 Å². The molecular weight excluding hydrogens is 408 g/mol. The van der Waals surface area contributed by atoms with Gasteiger partial charge >= 0.3 is 0 Å². The number of aromatic nitrogens is 2. The predicted octanol–water partition coefficient (Wildman–Crippen LogP) is 5.24. The summed E-state index contributed by atoms with van der Waals surface area (Å²) in [5.41, 5.74) is 5.79. The van der Waals surface area contributed by atoms with Gasteiger partial charge < -0.3 is 14.2 Å². The molecule has 4 heterocycles. The van der Waals surface area contributed by atoms with Crippen molar-refractivity contribution < 1.29 is 4.42 Å². The van der Waals surface area contributed by atoms with E-state index in [4.69, 9.17) is 4.42 Å². The van der Waals surface area contributed by atoms with E-state index >= 15 is 0 Å². The van der Waals surface area contributed by atoms with Gasteiger partial charge in [0.1, 0.15) is 5.58 Å². The second kappa shape index (κ2) is 10.3. The zero-order valence-corrected chi connectivity index (χ0v) is 19.4. The molecule has 0 amide bonds. The molecule has 5 rings (SSSR count). The molecule has 4 aromatic rings. The molecule has 5 heteroatoms. The first-order chi connectivity index (χ1) is 16.3. The number of pyridine rings is 2. The first-order valence-corrected chi connectivity index (χ1v) is 12.0. The Bertz CT molecular complexity index is 1150. The number of piperazine rings is 1. The van der Waals surface area contributed by atoms with Crippen LogP contribution in [0.3, 0.4) is 0 Å². The van der Waals surface area contributed by atoms with Crippen molar-refractivity contribution in [2.75, 3.05) is 39.3 Å². The first-order valence-electron chi connectivity index (χ1n) is 12.0. The standard InChI is InChI=1S/C28H32N4O/c1-22(27-8-2-3-12-30-27)20-32-16-14-31(15-17-32)13-5-7-25-21-33-28-10-9-23(18-26(25)28)24-6-4-11-29-19-24/h2-4,6,8-12,18-19,21-22H,5,7,13-17,20H2,1H3/t22-/m1/s1. The molecule has 0 unspecified atom stereocenters. The number of hydrogen-bond donors (Lipinski definition) is 0. The van der Waals surface area contributed by atoms with Crippen LogP contribution in [0.2, 0.25) is 0 Å². The third-order valence-corrected chi connectivity index (χ3v) is 6.76. The topological polar surface area (TPSA) is 45.4 Å². The molecular formula is C28H32N4O. The van der Waals surface area contributed by atoms with Crippen LogP contribution in [0.25, 0.3) is 22.1 Å². The Balaban J connectivity index is 1.11. The van der Waals surface area contributed by atoms with Crippen LogP contribution >= 0.6 is 0 Å². The molecule has 5 nitrogen and oxygen atoms in total. The van der Waals surface area contributed by atoms with Gasteiger partial charge in [-0.05, 0) is 60.8 Å². The van der Waals surface area contributed by atoms with Gasteiger partial charge in [0.05, 0.1) is 6.26 Å². The van der Waals surface area contributed by atoms with E-state index in [-0.39, 0.29) is 0 Å². The number of furan rings is 1. The molecule has 33 heavy (non-hydrogen) atoms. The molecule has 0 bridgehead atoms. The molecule has 1 aliphatic heterocycles. The molecule has 1 aromatic carbocycles. The van der Waals surface area contributed by atoms with Crippen molar-refractivity contribution in [2.45, 2.75) is 25.7 Å². The Morgan fingerprint density at radius 3 is 2.61 bits per heavy atom. The Labute approximate surface area is 196 Å². The lowest BCUT2D eigenvalue weighted by Gasteiger charge is -2.35. The highest BCUT2D eigenvalue weighted by Crippen LogP contribution is 2.28. The van der Waals surface area contributed by atoms with Gasteiger partial charge in [-0.25, -0.2) is 0 Å². The molecule has 0 aliphatic carbocycles. The summed E-state index contributed by atoms with van der Waals surface area (Å²) in [5.74, 6) is 0.476. The maximum atomic E-state index is 5.83. The Hall–Kier alpha value is -3.02. The molecule has 3 aromatic heterocycles. The second-order valence-electron chi connectivity index (χ2n) is 9.12. The molecule has 0 saturated carbocycles. The highest BCUT2D eigenvalue weighted by Gasteiger charge is 2.19. The normalized spacial score (nSPS) is 16.3. The fraction of sp³-hybridized carbons (Fsp3) is 0.357. The van der Waals surface area contributed by atoms with Crippen molar-refractivity contribution >= 4 is 11.0 Å². The average molecular weight is 441 g/mol. The van der Waals surface area contributed by atoms with Gasteiger partial charge in [-0.3, -0.25) is 9.97 Å². The van der Waals surface area contributed by atoms with Crippen molar-refractivity contribution in [1.29, 1.82) is 0 Å². The number of fused-ring (bicyclic) bond motifs is 1. The molecule has 170 valence electrons. The summed E-state index contributed by atoms with van der Waals surface area (Å²) < 4.78 is 5.83. The minimum absolute atomic E-state index is 0.476. The summed E-state index contributed by atoms with van der Waals surface area (Å²) in [6, 6.07) is 16.7. The highest BCUT2D eigenvalue weighted by atomic mass is 16.3. The zero-order valence-electron chi connectivity index (χ0n) is 19.4. The lowest BCUT2D eigenvalue weighted by Crippen LogP contribution is -2.47. The maximum absolute atomic E-state index is 5.83. The van der Waals surface area contributed by atoms with Gasteiger partial charge in [0.25, 0.3) is 0 Å². The van der Waals surface area contributed by atoms with Crippen molar-refractivity contribution in [3.63, 3.8) is 0 Å². The molecule has 0 N–H and O–H groups in total. The SMILES string of the molecule is C[C@H](CN1CCN(CCCc2coc3ccc(-c4cccnc4)cc23)CC1)c1ccccn1. The maximum Gasteiger partial charge on any atom is 0.134 e. The molecule has 1 atom stereocenters. The van der Waals surface area contributed by atoms with E-state index in [9.17, 15) is 0 Å². The van der Waals surface area contributed by atoms with Gasteiger partial charge in [0, 0.05) is 73.9 Å². The van der Waals surface area contributed by atoms with Crippen LogP contribution in [0.15, 0.2) is 77.8 Å². The number of nitrogens with zero attached hydrogens (tertiary/aromatic N) is 4. The molecule has 1 fully saturated rings. The molecule has 0 radical (unpaired) electrons. The third kappa shape index (κ3) is 5.32. The van der Waals surface area contributed by atoms with E-state index < -0.39 is 0 Å². The number of benzene rings is 1. The summed E-state index contributed by atoms with van der Waals surface area (Å²) in [6.07, 6.45) is 9.75. The van der Waals surface area contributed by atoms with E-state index in [1.807, 2.05) is 37.0 Å². The van der Waals surface area contributed by atoms with Gasteiger partial charge in [0.2, 0.25) is 0 Å². The third-order valence-electron chi connectivity index (χ3n) is 6.76. The predicted molar refractivity (Wildman–Crippen MR) is 133 cm³/mol. The Kier molecular flexibility index (Phi) is 6.79. The number of hydrogen-bond acceptors (Lipinski definition) is 5. The fourth-order valence-electron chi connectivity index (χ4n) is 4.83. The lowest BCUT2D eigenvalue weighted by atomic mass is 10.0. The first kappa shape index (κ1) is 21.8. The van der Waals surface area contributed by atoms with E-state index in [0.717, 1.165) is 63.3 Å². The van der Waals surface area contributed by atoms with E-state index in [2.05, 4.69) is 63.1 Å². The van der Waals surface area contributed by atoms with Gasteiger partial charge in [-0.2, -0.15) is 0 Å². The molecule has 0 spiro atoms. The Morgan fingerprint density at radius 1 is 0.939 bits per heavy atom. The van der Waals surface area contributed by atoms with Gasteiger partial charge in [-0.15, -0.1) is 0 Å². The minimum atomic E-state index is 0.476. The summed E-state index contributed by atoms with van der Waals surface area (Å²) >= 11 is 0. The lowest BCUT2D eigenvalue weighted by molar-refractivity contribution is 0.127. The smallest absolute Gasteiger partial charge is 0.134 e. The Morgan fingerprint density at radius 2 is 1.82 bits per heavy atom. The van der Waals surface area contributed by atoms with E-state index in [1.54, 1.807) is 0 Å². The van der Waals surface area contributed by atoms with Gasteiger partial charge in [-0.1, -0.05) is 25.1 Å². The van der Waals surface area contributed by atoms with Crippen molar-refractivity contribution in [3.8, 4) is 11.1 Å². The summed E-state index contributed by atoms with van der Waals surface area (Å²) in [6.45, 7) is 9.08. The van der Waals surface area contributed by atoms with Crippen molar-refractivity contribution in [1.82, 2.24) is 19.8 Å². The molecule has 1 aliphatic rings. The van der Waals surface area contributed by atoms with E-state index in [0.29, 0.717) is 5.92 Å². The van der Waals surface area contributed by atoms with Crippen molar-refractivity contribution in [2.24, 2.45) is 0 Å². The monoisotopic (exact) mass is 440 g/mol. The van der Waals surface area contributed by atoms with Crippen LogP contribution in [-0.2, 0) is 6.42 Å². The van der Waals surface area contributed by atoms with Crippen LogP contribution in [0.1, 0.15) is 30.5 Å². The van der Waals surface area contributed by atoms with Crippen LogP contribution in [0, 0.1) is 0 Å². The summed E-state index contributed by atoms with van der Waals surface area (Å²) in [4.78, 5) is 14.0. The largest absolute Gasteiger partial charge is 0.464 e. The van der Waals surface area contributed by atoms with E-state index in [1.165, 1.54) is 22.2 Å². The summed E-state index contributed by atoms with van der Waals surface area (Å²) in [5, 5.41) is 1.23. The average Bonchev–Trinajstić information content (AvgIpc) is 3.28. The van der Waals surface area contributed by atoms with Crippen LogP contribution in [0.4, 0.5) is 0 Å². The highest BCUT2D eigenvalue weighted by molar-refractivity contribution is 5.86. The fourth-order valence-corrected chi connectivity index (χ4v) is 4.83. The summed E-state index contributed by atoms with van der Waals surface area (Å²) in [7, 11) is 0. The second-order valence-corrected chi connectivity index (χ2v) is 9.12.